The number of benzene rings is 3. The number of rotatable bonds is 3. The first kappa shape index (κ1) is 13.9. The smallest absolute Gasteiger partial charge is 0.339 e. The van der Waals surface area contributed by atoms with Crippen molar-refractivity contribution in [3.63, 3.8) is 0 Å². The van der Waals surface area contributed by atoms with Gasteiger partial charge in [0.1, 0.15) is 11.3 Å². The summed E-state index contributed by atoms with van der Waals surface area (Å²) in [6.45, 7) is 0. The molecule has 22 heavy (non-hydrogen) atoms. The summed E-state index contributed by atoms with van der Waals surface area (Å²) >= 11 is 0. The molecule has 0 fully saturated rings. The van der Waals surface area contributed by atoms with E-state index < -0.39 is 5.97 Å². The Morgan fingerprint density at radius 1 is 0.682 bits per heavy atom. The van der Waals surface area contributed by atoms with Crippen LogP contribution in [0.5, 0.6) is 5.75 Å². The summed E-state index contributed by atoms with van der Waals surface area (Å²) in [5, 5.41) is 18.6. The van der Waals surface area contributed by atoms with Crippen molar-refractivity contribution in [3.8, 4) is 28.0 Å². The lowest BCUT2D eigenvalue weighted by Crippen LogP contribution is -1.96. The monoisotopic (exact) mass is 290 g/mol. The fraction of sp³-hybridized carbons (Fsp3) is 0. The van der Waals surface area contributed by atoms with Crippen LogP contribution in [0.1, 0.15) is 10.4 Å². The van der Waals surface area contributed by atoms with E-state index >= 15 is 0 Å². The van der Waals surface area contributed by atoms with Crippen LogP contribution in [0.25, 0.3) is 22.3 Å². The van der Waals surface area contributed by atoms with Crippen molar-refractivity contribution in [2.45, 2.75) is 0 Å². The molecule has 108 valence electrons. The van der Waals surface area contributed by atoms with Gasteiger partial charge in [0.05, 0.1) is 0 Å². The average molecular weight is 290 g/mol. The summed E-state index contributed by atoms with van der Waals surface area (Å²) < 4.78 is 0. The van der Waals surface area contributed by atoms with Crippen LogP contribution in [-0.4, -0.2) is 16.2 Å². The van der Waals surface area contributed by atoms with E-state index in [1.807, 2.05) is 54.6 Å². The first-order valence-electron chi connectivity index (χ1n) is 6.87. The molecule has 3 heteroatoms. The second-order valence-electron chi connectivity index (χ2n) is 4.98. The number of carbonyl (C=O) groups is 1. The first-order chi connectivity index (χ1) is 10.6. The zero-order valence-corrected chi connectivity index (χ0v) is 11.7. The first-order valence-corrected chi connectivity index (χ1v) is 6.87. The molecule has 2 N–H and O–H groups in total. The van der Waals surface area contributed by atoms with E-state index in [2.05, 4.69) is 0 Å². The third-order valence-corrected chi connectivity index (χ3v) is 3.55. The van der Waals surface area contributed by atoms with E-state index in [0.29, 0.717) is 0 Å². The van der Waals surface area contributed by atoms with Crippen LogP contribution in [0.2, 0.25) is 0 Å². The predicted octanol–water partition coefficient (Wildman–Crippen LogP) is 4.42. The largest absolute Gasteiger partial charge is 0.507 e. The number of carboxylic acids is 1. The Morgan fingerprint density at radius 3 is 1.77 bits per heavy atom. The maximum absolute atomic E-state index is 11.1. The minimum atomic E-state index is -1.14. The van der Waals surface area contributed by atoms with Gasteiger partial charge in [0.2, 0.25) is 0 Å². The van der Waals surface area contributed by atoms with E-state index in [-0.39, 0.29) is 11.3 Å². The average Bonchev–Trinajstić information content (AvgIpc) is 2.56. The number of aromatic carboxylic acids is 1. The lowest BCUT2D eigenvalue weighted by atomic mass is 9.99. The van der Waals surface area contributed by atoms with Gasteiger partial charge in [0, 0.05) is 0 Å². The lowest BCUT2D eigenvalue weighted by molar-refractivity contribution is 0.0694. The highest BCUT2D eigenvalue weighted by molar-refractivity contribution is 5.92. The summed E-state index contributed by atoms with van der Waals surface area (Å²) in [6.07, 6.45) is 0. The highest BCUT2D eigenvalue weighted by Crippen LogP contribution is 2.28. The molecule has 0 aliphatic carbocycles. The summed E-state index contributed by atoms with van der Waals surface area (Å²) in [5.41, 5.74) is 3.80. The maximum Gasteiger partial charge on any atom is 0.339 e. The zero-order valence-electron chi connectivity index (χ0n) is 11.7. The van der Waals surface area contributed by atoms with Gasteiger partial charge < -0.3 is 10.2 Å². The van der Waals surface area contributed by atoms with Gasteiger partial charge in [0.15, 0.2) is 0 Å². The van der Waals surface area contributed by atoms with E-state index in [9.17, 15) is 9.90 Å². The topological polar surface area (TPSA) is 57.5 Å². The van der Waals surface area contributed by atoms with Crippen molar-refractivity contribution < 1.29 is 15.0 Å². The van der Waals surface area contributed by atoms with Crippen molar-refractivity contribution in [2.24, 2.45) is 0 Å². The molecule has 3 nitrogen and oxygen atoms in total. The molecule has 0 saturated heterocycles. The Kier molecular flexibility index (Phi) is 3.62. The quantitative estimate of drug-likeness (QED) is 0.750. The Balaban J connectivity index is 1.97. The number of hydrogen-bond donors (Lipinski definition) is 2. The number of hydrogen-bond acceptors (Lipinski definition) is 2. The fourth-order valence-electron chi connectivity index (χ4n) is 2.37. The minimum Gasteiger partial charge on any atom is -0.507 e. The number of carboxylic acid groups (broad SMARTS) is 1. The van der Waals surface area contributed by atoms with E-state index in [1.165, 1.54) is 12.1 Å². The molecule has 0 amide bonds. The van der Waals surface area contributed by atoms with Gasteiger partial charge >= 0.3 is 5.97 Å². The molecule has 0 heterocycles. The third kappa shape index (κ3) is 2.69. The van der Waals surface area contributed by atoms with Crippen LogP contribution in [0, 0.1) is 0 Å². The van der Waals surface area contributed by atoms with Crippen LogP contribution < -0.4 is 0 Å². The van der Waals surface area contributed by atoms with E-state index in [0.717, 1.165) is 22.3 Å². The van der Waals surface area contributed by atoms with Crippen molar-refractivity contribution in [1.82, 2.24) is 0 Å². The highest BCUT2D eigenvalue weighted by Gasteiger charge is 2.11. The van der Waals surface area contributed by atoms with Crippen molar-refractivity contribution in [3.05, 3.63) is 78.4 Å². The Hall–Kier alpha value is -3.07. The summed E-state index contributed by atoms with van der Waals surface area (Å²) in [5.74, 6) is -1.36. The van der Waals surface area contributed by atoms with Crippen LogP contribution in [-0.2, 0) is 0 Å². The minimum absolute atomic E-state index is 0.0929. The van der Waals surface area contributed by atoms with Crippen LogP contribution in [0.4, 0.5) is 0 Å². The number of aromatic hydroxyl groups is 1. The Labute approximate surface area is 128 Å². The molecule has 0 aromatic heterocycles. The Bertz CT molecular complexity index is 806. The predicted molar refractivity (Wildman–Crippen MR) is 85.9 cm³/mol. The van der Waals surface area contributed by atoms with Gasteiger partial charge in [0.25, 0.3) is 0 Å². The molecule has 0 radical (unpaired) electrons. The van der Waals surface area contributed by atoms with Crippen LogP contribution >= 0.6 is 0 Å². The Morgan fingerprint density at radius 2 is 1.18 bits per heavy atom. The number of phenols is 1. The van der Waals surface area contributed by atoms with Crippen molar-refractivity contribution in [2.75, 3.05) is 0 Å². The molecule has 3 aromatic carbocycles. The van der Waals surface area contributed by atoms with Gasteiger partial charge in [-0.05, 0) is 34.4 Å². The van der Waals surface area contributed by atoms with E-state index in [4.69, 9.17) is 5.11 Å². The molecule has 3 aromatic rings. The zero-order chi connectivity index (χ0) is 15.5. The molecule has 3 rings (SSSR count). The summed E-state index contributed by atoms with van der Waals surface area (Å²) in [6, 6.07) is 22.5. The molecule has 0 spiro atoms. The molecule has 0 aliphatic rings. The maximum atomic E-state index is 11.1. The van der Waals surface area contributed by atoms with E-state index in [1.54, 1.807) is 6.07 Å². The molecule has 0 aliphatic heterocycles. The molecule has 0 saturated carbocycles. The van der Waals surface area contributed by atoms with Crippen molar-refractivity contribution in [1.29, 1.82) is 0 Å². The summed E-state index contributed by atoms with van der Waals surface area (Å²) in [7, 11) is 0. The highest BCUT2D eigenvalue weighted by atomic mass is 16.4. The summed E-state index contributed by atoms with van der Waals surface area (Å²) in [4.78, 5) is 11.1. The molecule has 0 atom stereocenters. The van der Waals surface area contributed by atoms with Crippen molar-refractivity contribution >= 4 is 5.97 Å². The normalized spacial score (nSPS) is 10.4. The standard InChI is InChI=1S/C19H14O3/c20-18-11-10-16(12-17(18)19(21)22)15-8-6-14(7-9-15)13-4-2-1-3-5-13/h1-12,20H,(H,21,22). The SMILES string of the molecule is O=C(O)c1cc(-c2ccc(-c3ccccc3)cc2)ccc1O. The van der Waals surface area contributed by atoms with Gasteiger partial charge in [-0.2, -0.15) is 0 Å². The van der Waals surface area contributed by atoms with Crippen LogP contribution in [0.15, 0.2) is 72.8 Å². The molecule has 0 bridgehead atoms. The molecular weight excluding hydrogens is 276 g/mol. The molecular formula is C19H14O3. The third-order valence-electron chi connectivity index (χ3n) is 3.55. The van der Waals surface area contributed by atoms with Gasteiger partial charge in [-0.25, -0.2) is 4.79 Å². The fourth-order valence-corrected chi connectivity index (χ4v) is 2.37. The van der Waals surface area contributed by atoms with Gasteiger partial charge in [-0.3, -0.25) is 0 Å². The molecule has 0 unspecified atom stereocenters. The van der Waals surface area contributed by atoms with Crippen LogP contribution in [0.3, 0.4) is 0 Å². The van der Waals surface area contributed by atoms with Gasteiger partial charge in [-0.15, -0.1) is 0 Å². The second kappa shape index (κ2) is 5.74. The second-order valence-corrected chi connectivity index (χ2v) is 4.98. The van der Waals surface area contributed by atoms with Gasteiger partial charge in [-0.1, -0.05) is 60.7 Å². The lowest BCUT2D eigenvalue weighted by Gasteiger charge is -2.07.